The van der Waals surface area contributed by atoms with E-state index in [1.54, 1.807) is 0 Å². The standard InChI is InChI=1S/C12H20N2O/c13-7-5-11-3-1-8-14(11)9-6-12-4-2-10-15-12/h1,3,8,12H,2,4-7,9-10,13H2. The molecule has 1 aromatic heterocycles. The number of nitrogens with two attached hydrogens (primary N) is 1. The van der Waals surface area contributed by atoms with Gasteiger partial charge in [-0.15, -0.1) is 0 Å². The van der Waals surface area contributed by atoms with Crippen LogP contribution in [0.2, 0.25) is 0 Å². The Labute approximate surface area is 91.2 Å². The Morgan fingerprint density at radius 2 is 2.47 bits per heavy atom. The van der Waals surface area contributed by atoms with Crippen molar-refractivity contribution < 1.29 is 4.74 Å². The lowest BCUT2D eigenvalue weighted by molar-refractivity contribution is 0.100. The second-order valence-electron chi connectivity index (χ2n) is 4.16. The van der Waals surface area contributed by atoms with E-state index in [9.17, 15) is 0 Å². The van der Waals surface area contributed by atoms with E-state index in [1.807, 2.05) is 0 Å². The molecule has 3 nitrogen and oxygen atoms in total. The highest BCUT2D eigenvalue weighted by molar-refractivity contribution is 5.07. The van der Waals surface area contributed by atoms with Crippen LogP contribution < -0.4 is 5.73 Å². The van der Waals surface area contributed by atoms with Gasteiger partial charge in [-0.25, -0.2) is 0 Å². The van der Waals surface area contributed by atoms with Gasteiger partial charge in [-0.3, -0.25) is 0 Å². The molecule has 0 saturated carbocycles. The number of nitrogens with zero attached hydrogens (tertiary/aromatic N) is 1. The number of rotatable bonds is 5. The van der Waals surface area contributed by atoms with Crippen molar-refractivity contribution >= 4 is 0 Å². The molecule has 2 heterocycles. The summed E-state index contributed by atoms with van der Waals surface area (Å²) in [5.74, 6) is 0. The molecule has 1 aromatic rings. The Kier molecular flexibility index (Phi) is 3.80. The molecule has 1 aliphatic rings. The molecule has 1 aliphatic heterocycles. The van der Waals surface area contributed by atoms with Gasteiger partial charge in [0.15, 0.2) is 0 Å². The highest BCUT2D eigenvalue weighted by Crippen LogP contribution is 2.16. The van der Waals surface area contributed by atoms with Gasteiger partial charge in [-0.05, 0) is 44.4 Å². The van der Waals surface area contributed by atoms with Gasteiger partial charge in [0.1, 0.15) is 0 Å². The third-order valence-corrected chi connectivity index (χ3v) is 3.04. The monoisotopic (exact) mass is 208 g/mol. The molecule has 1 saturated heterocycles. The minimum Gasteiger partial charge on any atom is -0.378 e. The smallest absolute Gasteiger partial charge is 0.0593 e. The number of hydrogen-bond donors (Lipinski definition) is 1. The normalized spacial score (nSPS) is 21.0. The Balaban J connectivity index is 1.83. The van der Waals surface area contributed by atoms with Crippen LogP contribution in [0.1, 0.15) is 25.0 Å². The number of aryl methyl sites for hydroxylation is 1. The molecule has 15 heavy (non-hydrogen) atoms. The molecular weight excluding hydrogens is 188 g/mol. The average Bonchev–Trinajstić information content (AvgIpc) is 2.85. The van der Waals surface area contributed by atoms with E-state index in [-0.39, 0.29) is 0 Å². The van der Waals surface area contributed by atoms with Gasteiger partial charge in [0.05, 0.1) is 6.10 Å². The first-order valence-electron chi connectivity index (χ1n) is 5.86. The van der Waals surface area contributed by atoms with Crippen LogP contribution in [-0.2, 0) is 17.7 Å². The third kappa shape index (κ3) is 2.83. The van der Waals surface area contributed by atoms with E-state index < -0.39 is 0 Å². The van der Waals surface area contributed by atoms with Gasteiger partial charge in [-0.1, -0.05) is 0 Å². The first-order chi connectivity index (χ1) is 7.40. The van der Waals surface area contributed by atoms with Crippen molar-refractivity contribution in [2.45, 2.75) is 38.3 Å². The lowest BCUT2D eigenvalue weighted by Gasteiger charge is -2.12. The predicted octanol–water partition coefficient (Wildman–Crippen LogP) is 1.56. The summed E-state index contributed by atoms with van der Waals surface area (Å²) in [6.07, 6.45) is 7.18. The largest absolute Gasteiger partial charge is 0.378 e. The van der Waals surface area contributed by atoms with Gasteiger partial charge in [0.2, 0.25) is 0 Å². The Morgan fingerprint density at radius 1 is 1.53 bits per heavy atom. The number of ether oxygens (including phenoxy) is 1. The quantitative estimate of drug-likeness (QED) is 0.797. The van der Waals surface area contributed by atoms with Gasteiger partial charge >= 0.3 is 0 Å². The molecule has 1 fully saturated rings. The van der Waals surface area contributed by atoms with Crippen LogP contribution in [0.3, 0.4) is 0 Å². The van der Waals surface area contributed by atoms with E-state index in [1.165, 1.54) is 18.5 Å². The van der Waals surface area contributed by atoms with Crippen molar-refractivity contribution in [1.29, 1.82) is 0 Å². The topological polar surface area (TPSA) is 40.2 Å². The highest BCUT2D eigenvalue weighted by Gasteiger charge is 2.15. The van der Waals surface area contributed by atoms with Crippen molar-refractivity contribution in [3.05, 3.63) is 24.0 Å². The minimum atomic E-state index is 0.484. The van der Waals surface area contributed by atoms with Gasteiger partial charge in [-0.2, -0.15) is 0 Å². The fraction of sp³-hybridized carbons (Fsp3) is 0.667. The number of aromatic nitrogens is 1. The summed E-state index contributed by atoms with van der Waals surface area (Å²) in [4.78, 5) is 0. The lowest BCUT2D eigenvalue weighted by atomic mass is 10.2. The predicted molar refractivity (Wildman–Crippen MR) is 60.8 cm³/mol. The third-order valence-electron chi connectivity index (χ3n) is 3.04. The maximum atomic E-state index is 5.61. The fourth-order valence-electron chi connectivity index (χ4n) is 2.20. The van der Waals surface area contributed by atoms with E-state index in [0.29, 0.717) is 6.10 Å². The van der Waals surface area contributed by atoms with E-state index >= 15 is 0 Å². The van der Waals surface area contributed by atoms with Crippen LogP contribution in [0.4, 0.5) is 0 Å². The maximum Gasteiger partial charge on any atom is 0.0593 e. The Morgan fingerprint density at radius 3 is 3.20 bits per heavy atom. The molecule has 1 atom stereocenters. The molecule has 3 heteroatoms. The van der Waals surface area contributed by atoms with Crippen molar-refractivity contribution in [2.75, 3.05) is 13.2 Å². The van der Waals surface area contributed by atoms with Crippen LogP contribution >= 0.6 is 0 Å². The zero-order valence-corrected chi connectivity index (χ0v) is 9.19. The molecule has 0 bridgehead atoms. The second-order valence-corrected chi connectivity index (χ2v) is 4.16. The Hall–Kier alpha value is -0.800. The van der Waals surface area contributed by atoms with Crippen LogP contribution in [0.15, 0.2) is 18.3 Å². The van der Waals surface area contributed by atoms with Crippen molar-refractivity contribution in [1.82, 2.24) is 4.57 Å². The minimum absolute atomic E-state index is 0.484. The summed E-state index contributed by atoms with van der Waals surface area (Å²) in [5.41, 5.74) is 6.91. The molecule has 84 valence electrons. The molecular formula is C12H20N2O. The van der Waals surface area contributed by atoms with Gasteiger partial charge < -0.3 is 15.0 Å². The van der Waals surface area contributed by atoms with Crippen molar-refractivity contribution in [3.63, 3.8) is 0 Å². The molecule has 2 N–H and O–H groups in total. The lowest BCUT2D eigenvalue weighted by Crippen LogP contribution is -2.13. The van der Waals surface area contributed by atoms with E-state index in [2.05, 4.69) is 22.9 Å². The highest BCUT2D eigenvalue weighted by atomic mass is 16.5. The summed E-state index contributed by atoms with van der Waals surface area (Å²) in [6.45, 7) is 2.74. The van der Waals surface area contributed by atoms with Crippen LogP contribution in [0.25, 0.3) is 0 Å². The summed E-state index contributed by atoms with van der Waals surface area (Å²) < 4.78 is 7.91. The zero-order valence-electron chi connectivity index (χ0n) is 9.19. The maximum absolute atomic E-state index is 5.61. The van der Waals surface area contributed by atoms with Crippen LogP contribution in [-0.4, -0.2) is 23.8 Å². The van der Waals surface area contributed by atoms with Crippen molar-refractivity contribution in [2.24, 2.45) is 5.73 Å². The molecule has 0 amide bonds. The van der Waals surface area contributed by atoms with Crippen LogP contribution in [0.5, 0.6) is 0 Å². The summed E-state index contributed by atoms with van der Waals surface area (Å²) in [7, 11) is 0. The fourth-order valence-corrected chi connectivity index (χ4v) is 2.20. The summed E-state index contributed by atoms with van der Waals surface area (Å²) >= 11 is 0. The average molecular weight is 208 g/mol. The van der Waals surface area contributed by atoms with Crippen molar-refractivity contribution in [3.8, 4) is 0 Å². The second kappa shape index (κ2) is 5.33. The first-order valence-corrected chi connectivity index (χ1v) is 5.86. The molecule has 1 unspecified atom stereocenters. The molecule has 0 aromatic carbocycles. The SMILES string of the molecule is NCCc1cccn1CCC1CCCO1. The molecule has 0 spiro atoms. The summed E-state index contributed by atoms with van der Waals surface area (Å²) in [5, 5.41) is 0. The zero-order chi connectivity index (χ0) is 10.5. The Bertz CT molecular complexity index is 290. The molecule has 0 radical (unpaired) electrons. The van der Waals surface area contributed by atoms with Crippen LogP contribution in [0, 0.1) is 0 Å². The molecule has 0 aliphatic carbocycles. The first kappa shape index (κ1) is 10.7. The van der Waals surface area contributed by atoms with E-state index in [4.69, 9.17) is 10.5 Å². The summed E-state index contributed by atoms with van der Waals surface area (Å²) in [6, 6.07) is 4.25. The van der Waals surface area contributed by atoms with Gasteiger partial charge in [0, 0.05) is 25.0 Å². The van der Waals surface area contributed by atoms with Gasteiger partial charge in [0.25, 0.3) is 0 Å². The molecule has 2 rings (SSSR count). The number of hydrogen-bond acceptors (Lipinski definition) is 2. The van der Waals surface area contributed by atoms with E-state index in [0.717, 1.165) is 32.5 Å².